The highest BCUT2D eigenvalue weighted by Gasteiger charge is 2.20. The van der Waals surface area contributed by atoms with Crippen molar-refractivity contribution in [3.63, 3.8) is 0 Å². The minimum atomic E-state index is 0.683. The van der Waals surface area contributed by atoms with Gasteiger partial charge in [0.1, 0.15) is 0 Å². The first-order chi connectivity index (χ1) is 9.38. The lowest BCUT2D eigenvalue weighted by atomic mass is 10.3. The number of rotatable bonds is 4. The molecule has 19 heavy (non-hydrogen) atoms. The van der Waals surface area contributed by atoms with Crippen molar-refractivity contribution in [2.24, 2.45) is 0 Å². The Morgan fingerprint density at radius 3 is 2.47 bits per heavy atom. The molecule has 1 aromatic heterocycles. The first-order valence-electron chi connectivity index (χ1n) is 7.03. The first-order valence-corrected chi connectivity index (χ1v) is 7.03. The third-order valence-electron chi connectivity index (χ3n) is 3.37. The van der Waals surface area contributed by atoms with Gasteiger partial charge in [-0.2, -0.15) is 0 Å². The van der Waals surface area contributed by atoms with Crippen LogP contribution in [-0.2, 0) is 0 Å². The monoisotopic (exact) mass is 257 g/mol. The molecule has 0 radical (unpaired) electrons. The van der Waals surface area contributed by atoms with Gasteiger partial charge in [-0.05, 0) is 31.4 Å². The van der Waals surface area contributed by atoms with Crippen molar-refractivity contribution in [2.45, 2.75) is 26.2 Å². The SMILES string of the molecule is CCCOc1nc2ccccc2nc1N1CCCC1. The predicted molar refractivity (Wildman–Crippen MR) is 76.8 cm³/mol. The Morgan fingerprint density at radius 1 is 1.11 bits per heavy atom. The van der Waals surface area contributed by atoms with Gasteiger partial charge in [0.15, 0.2) is 5.82 Å². The number of anilines is 1. The molecule has 1 aliphatic heterocycles. The number of hydrogen-bond acceptors (Lipinski definition) is 4. The van der Waals surface area contributed by atoms with Crippen LogP contribution in [0.1, 0.15) is 26.2 Å². The van der Waals surface area contributed by atoms with Crippen LogP contribution in [-0.4, -0.2) is 29.7 Å². The molecule has 0 unspecified atom stereocenters. The van der Waals surface area contributed by atoms with Crippen LogP contribution in [0.25, 0.3) is 11.0 Å². The molecule has 0 N–H and O–H groups in total. The van der Waals surface area contributed by atoms with E-state index in [4.69, 9.17) is 9.72 Å². The van der Waals surface area contributed by atoms with Crippen LogP contribution in [0.5, 0.6) is 5.88 Å². The maximum atomic E-state index is 5.79. The lowest BCUT2D eigenvalue weighted by molar-refractivity contribution is 0.306. The molecule has 0 atom stereocenters. The summed E-state index contributed by atoms with van der Waals surface area (Å²) in [6.45, 7) is 4.89. The number of hydrogen-bond donors (Lipinski definition) is 0. The summed E-state index contributed by atoms with van der Waals surface area (Å²) >= 11 is 0. The van der Waals surface area contributed by atoms with Crippen LogP contribution in [0.3, 0.4) is 0 Å². The number of para-hydroxylation sites is 2. The molecule has 2 aromatic rings. The lowest BCUT2D eigenvalue weighted by Gasteiger charge is -2.19. The van der Waals surface area contributed by atoms with Gasteiger partial charge in [-0.25, -0.2) is 9.97 Å². The van der Waals surface area contributed by atoms with Gasteiger partial charge in [-0.15, -0.1) is 0 Å². The van der Waals surface area contributed by atoms with Crippen molar-refractivity contribution in [3.8, 4) is 5.88 Å². The van der Waals surface area contributed by atoms with Crippen molar-refractivity contribution in [3.05, 3.63) is 24.3 Å². The van der Waals surface area contributed by atoms with E-state index in [0.717, 1.165) is 36.4 Å². The fourth-order valence-electron chi connectivity index (χ4n) is 2.41. The third kappa shape index (κ3) is 2.48. The third-order valence-corrected chi connectivity index (χ3v) is 3.37. The summed E-state index contributed by atoms with van der Waals surface area (Å²) in [6.07, 6.45) is 3.43. The van der Waals surface area contributed by atoms with Gasteiger partial charge in [-0.3, -0.25) is 0 Å². The molecular weight excluding hydrogens is 238 g/mol. The van der Waals surface area contributed by atoms with E-state index in [1.807, 2.05) is 24.3 Å². The van der Waals surface area contributed by atoms with E-state index >= 15 is 0 Å². The van der Waals surface area contributed by atoms with Gasteiger partial charge in [-0.1, -0.05) is 19.1 Å². The molecule has 3 rings (SSSR count). The van der Waals surface area contributed by atoms with Gasteiger partial charge in [0.25, 0.3) is 5.88 Å². The Bertz CT molecular complexity index is 564. The Kier molecular flexibility index (Phi) is 3.49. The quantitative estimate of drug-likeness (QED) is 0.844. The zero-order valence-corrected chi connectivity index (χ0v) is 11.3. The summed E-state index contributed by atoms with van der Waals surface area (Å²) in [5, 5.41) is 0. The molecule has 0 spiro atoms. The molecule has 0 aliphatic carbocycles. The number of ether oxygens (including phenoxy) is 1. The molecule has 1 saturated heterocycles. The fraction of sp³-hybridized carbons (Fsp3) is 0.467. The Hall–Kier alpha value is -1.84. The van der Waals surface area contributed by atoms with Crippen LogP contribution in [0.4, 0.5) is 5.82 Å². The highest BCUT2D eigenvalue weighted by atomic mass is 16.5. The number of nitrogens with zero attached hydrogens (tertiary/aromatic N) is 3. The molecule has 0 saturated carbocycles. The number of fused-ring (bicyclic) bond motifs is 1. The van der Waals surface area contributed by atoms with Crippen molar-refractivity contribution in [1.29, 1.82) is 0 Å². The molecule has 1 fully saturated rings. The van der Waals surface area contributed by atoms with Crippen LogP contribution in [0.15, 0.2) is 24.3 Å². The molecule has 0 amide bonds. The second-order valence-corrected chi connectivity index (χ2v) is 4.88. The summed E-state index contributed by atoms with van der Waals surface area (Å²) in [4.78, 5) is 11.7. The van der Waals surface area contributed by atoms with Crippen molar-refractivity contribution in [1.82, 2.24) is 9.97 Å². The molecule has 0 bridgehead atoms. The van der Waals surface area contributed by atoms with Crippen LogP contribution >= 0.6 is 0 Å². The van der Waals surface area contributed by atoms with Crippen molar-refractivity contribution in [2.75, 3.05) is 24.6 Å². The number of benzene rings is 1. The Labute approximate surface area is 113 Å². The first kappa shape index (κ1) is 12.2. The Balaban J connectivity index is 2.04. The maximum absolute atomic E-state index is 5.79. The van der Waals surface area contributed by atoms with E-state index in [0.29, 0.717) is 12.5 Å². The van der Waals surface area contributed by atoms with Gasteiger partial charge in [0.05, 0.1) is 17.6 Å². The van der Waals surface area contributed by atoms with E-state index in [9.17, 15) is 0 Å². The topological polar surface area (TPSA) is 38.3 Å². The zero-order valence-electron chi connectivity index (χ0n) is 11.3. The van der Waals surface area contributed by atoms with Crippen molar-refractivity contribution >= 4 is 16.9 Å². The fourth-order valence-corrected chi connectivity index (χ4v) is 2.41. The predicted octanol–water partition coefficient (Wildman–Crippen LogP) is 3.02. The minimum Gasteiger partial charge on any atom is -0.475 e. The normalized spacial score (nSPS) is 15.1. The average molecular weight is 257 g/mol. The molecule has 1 aromatic carbocycles. The molecule has 1 aliphatic rings. The second-order valence-electron chi connectivity index (χ2n) is 4.88. The van der Waals surface area contributed by atoms with E-state index in [1.54, 1.807) is 0 Å². The number of aromatic nitrogens is 2. The van der Waals surface area contributed by atoms with Gasteiger partial charge in [0, 0.05) is 13.1 Å². The van der Waals surface area contributed by atoms with Crippen molar-refractivity contribution < 1.29 is 4.74 Å². The lowest BCUT2D eigenvalue weighted by Crippen LogP contribution is -2.20. The standard InChI is InChI=1S/C15H19N3O/c1-2-11-19-15-14(18-9-5-6-10-18)16-12-7-3-4-8-13(12)17-15/h3-4,7-8H,2,5-6,9-11H2,1H3. The summed E-state index contributed by atoms with van der Waals surface area (Å²) in [7, 11) is 0. The van der Waals surface area contributed by atoms with Crippen LogP contribution in [0, 0.1) is 0 Å². The van der Waals surface area contributed by atoms with Crippen LogP contribution < -0.4 is 9.64 Å². The molecule has 2 heterocycles. The zero-order chi connectivity index (χ0) is 13.1. The second kappa shape index (κ2) is 5.43. The molecule has 4 heteroatoms. The smallest absolute Gasteiger partial charge is 0.258 e. The largest absolute Gasteiger partial charge is 0.475 e. The average Bonchev–Trinajstić information content (AvgIpc) is 2.98. The molecular formula is C15H19N3O. The molecule has 4 nitrogen and oxygen atoms in total. The summed E-state index contributed by atoms with van der Waals surface area (Å²) in [6, 6.07) is 7.97. The van der Waals surface area contributed by atoms with Gasteiger partial charge < -0.3 is 9.64 Å². The highest BCUT2D eigenvalue weighted by molar-refractivity contribution is 5.77. The highest BCUT2D eigenvalue weighted by Crippen LogP contribution is 2.29. The maximum Gasteiger partial charge on any atom is 0.258 e. The van der Waals surface area contributed by atoms with Crippen LogP contribution in [0.2, 0.25) is 0 Å². The van der Waals surface area contributed by atoms with E-state index < -0.39 is 0 Å². The minimum absolute atomic E-state index is 0.683. The van der Waals surface area contributed by atoms with Gasteiger partial charge >= 0.3 is 0 Å². The van der Waals surface area contributed by atoms with E-state index in [-0.39, 0.29) is 0 Å². The Morgan fingerprint density at radius 2 is 1.79 bits per heavy atom. The summed E-state index contributed by atoms with van der Waals surface area (Å²) in [5.41, 5.74) is 1.84. The van der Waals surface area contributed by atoms with E-state index in [2.05, 4.69) is 16.8 Å². The molecule has 100 valence electrons. The summed E-state index contributed by atoms with van der Waals surface area (Å²) in [5.74, 6) is 1.59. The summed E-state index contributed by atoms with van der Waals surface area (Å²) < 4.78 is 5.79. The van der Waals surface area contributed by atoms with Gasteiger partial charge in [0.2, 0.25) is 0 Å². The van der Waals surface area contributed by atoms with E-state index in [1.165, 1.54) is 12.8 Å².